The van der Waals surface area contributed by atoms with Crippen LogP contribution >= 0.6 is 0 Å². The lowest BCUT2D eigenvalue weighted by Gasteiger charge is -2.22. The first-order chi connectivity index (χ1) is 16.4. The average molecular weight is 458 g/mol. The molecule has 0 saturated carbocycles. The van der Waals surface area contributed by atoms with Gasteiger partial charge in [0.15, 0.2) is 0 Å². The number of carboxylic acid groups (broad SMARTS) is 1. The van der Waals surface area contributed by atoms with Crippen molar-refractivity contribution < 1.29 is 23.8 Å². The fraction of sp³-hybridized carbons (Fsp3) is 0.185. The number of ether oxygens (including phenoxy) is 1. The van der Waals surface area contributed by atoms with Gasteiger partial charge in [-0.15, -0.1) is 0 Å². The summed E-state index contributed by atoms with van der Waals surface area (Å²) in [6, 6.07) is 19.0. The van der Waals surface area contributed by atoms with Crippen molar-refractivity contribution in [3.63, 3.8) is 0 Å². The molecule has 172 valence electrons. The van der Waals surface area contributed by atoms with Gasteiger partial charge in [-0.2, -0.15) is 0 Å². The van der Waals surface area contributed by atoms with Gasteiger partial charge in [0.25, 0.3) is 0 Å². The number of rotatable bonds is 6. The molecule has 1 aromatic heterocycles. The van der Waals surface area contributed by atoms with Crippen LogP contribution in [0.25, 0.3) is 22.0 Å². The van der Waals surface area contributed by atoms with Crippen LogP contribution in [-0.2, 0) is 9.53 Å². The zero-order valence-electron chi connectivity index (χ0n) is 18.4. The van der Waals surface area contributed by atoms with Gasteiger partial charge in [-0.05, 0) is 46.0 Å². The van der Waals surface area contributed by atoms with Crippen molar-refractivity contribution in [1.82, 2.24) is 10.3 Å². The minimum atomic E-state index is -1.22. The number of hydrogen-bond donors (Lipinski definition) is 3. The van der Waals surface area contributed by atoms with Crippen LogP contribution in [0.15, 0.2) is 72.9 Å². The quantitative estimate of drug-likeness (QED) is 0.361. The predicted molar refractivity (Wildman–Crippen MR) is 126 cm³/mol. The SMILES string of the molecule is C[C@@H](c1c[nH]c2cc(F)ccc12)[C@H](NC(=O)OCC1c2ccccc2-c2ccccc21)C(=O)O. The summed E-state index contributed by atoms with van der Waals surface area (Å²) >= 11 is 0. The number of aromatic amines is 1. The summed E-state index contributed by atoms with van der Waals surface area (Å²) in [4.78, 5) is 27.6. The molecule has 3 aromatic carbocycles. The van der Waals surface area contributed by atoms with Gasteiger partial charge in [0.1, 0.15) is 18.5 Å². The normalized spacial score (nSPS) is 14.3. The Bertz CT molecular complexity index is 1350. The van der Waals surface area contributed by atoms with Crippen LogP contribution in [0, 0.1) is 5.82 Å². The molecule has 0 aliphatic heterocycles. The summed E-state index contributed by atoms with van der Waals surface area (Å²) in [5.41, 5.74) is 5.60. The molecule has 1 aliphatic rings. The molecule has 0 spiro atoms. The van der Waals surface area contributed by atoms with E-state index >= 15 is 0 Å². The molecule has 5 rings (SSSR count). The molecular weight excluding hydrogens is 435 g/mol. The van der Waals surface area contributed by atoms with E-state index in [1.807, 2.05) is 48.5 Å². The van der Waals surface area contributed by atoms with Gasteiger partial charge in [0, 0.05) is 28.9 Å². The third kappa shape index (κ3) is 3.79. The molecule has 0 bridgehead atoms. The first kappa shape index (κ1) is 21.7. The molecule has 34 heavy (non-hydrogen) atoms. The number of carboxylic acids is 1. The molecule has 0 fully saturated rings. The van der Waals surface area contributed by atoms with Gasteiger partial charge < -0.3 is 20.1 Å². The van der Waals surface area contributed by atoms with Crippen molar-refractivity contribution in [2.75, 3.05) is 6.61 Å². The van der Waals surface area contributed by atoms with Gasteiger partial charge in [-0.3, -0.25) is 0 Å². The van der Waals surface area contributed by atoms with E-state index in [0.717, 1.165) is 22.3 Å². The Kier molecular flexibility index (Phi) is 5.53. The number of aromatic nitrogens is 1. The van der Waals surface area contributed by atoms with E-state index in [4.69, 9.17) is 4.74 Å². The van der Waals surface area contributed by atoms with E-state index in [1.165, 1.54) is 12.1 Å². The van der Waals surface area contributed by atoms with Gasteiger partial charge >= 0.3 is 12.1 Å². The van der Waals surface area contributed by atoms with E-state index in [1.54, 1.807) is 19.2 Å². The van der Waals surface area contributed by atoms with Crippen LogP contribution in [-0.4, -0.2) is 34.8 Å². The number of nitrogens with one attached hydrogen (secondary N) is 2. The topological polar surface area (TPSA) is 91.4 Å². The summed E-state index contributed by atoms with van der Waals surface area (Å²) in [6.45, 7) is 1.79. The van der Waals surface area contributed by atoms with E-state index < -0.39 is 24.0 Å². The van der Waals surface area contributed by atoms with Crippen molar-refractivity contribution in [3.05, 3.63) is 95.4 Å². The van der Waals surface area contributed by atoms with Crippen molar-refractivity contribution >= 4 is 23.0 Å². The lowest BCUT2D eigenvalue weighted by Crippen LogP contribution is -2.44. The van der Waals surface area contributed by atoms with Crippen LogP contribution < -0.4 is 5.32 Å². The highest BCUT2D eigenvalue weighted by molar-refractivity contribution is 5.87. The number of amides is 1. The molecule has 0 saturated heterocycles. The molecule has 3 N–H and O–H groups in total. The number of aliphatic carboxylic acids is 1. The number of benzene rings is 3. The Morgan fingerprint density at radius 1 is 1.06 bits per heavy atom. The number of H-pyrrole nitrogens is 1. The van der Waals surface area contributed by atoms with Crippen LogP contribution in [0.1, 0.15) is 35.4 Å². The maximum atomic E-state index is 13.5. The average Bonchev–Trinajstić information content (AvgIpc) is 3.39. The maximum Gasteiger partial charge on any atom is 0.407 e. The molecule has 0 radical (unpaired) electrons. The molecule has 1 aliphatic carbocycles. The molecule has 1 heterocycles. The monoisotopic (exact) mass is 458 g/mol. The first-order valence-corrected chi connectivity index (χ1v) is 11.0. The highest BCUT2D eigenvalue weighted by atomic mass is 19.1. The maximum absolute atomic E-state index is 13.5. The van der Waals surface area contributed by atoms with Crippen LogP contribution in [0.2, 0.25) is 0 Å². The largest absolute Gasteiger partial charge is 0.480 e. The molecule has 4 aromatic rings. The summed E-state index contributed by atoms with van der Waals surface area (Å²) in [6.07, 6.45) is 0.844. The van der Waals surface area contributed by atoms with Crippen LogP contribution in [0.3, 0.4) is 0 Å². The van der Waals surface area contributed by atoms with Crippen molar-refractivity contribution in [2.45, 2.75) is 24.8 Å². The second kappa shape index (κ2) is 8.67. The minimum absolute atomic E-state index is 0.0902. The highest BCUT2D eigenvalue weighted by Gasteiger charge is 2.32. The van der Waals surface area contributed by atoms with Gasteiger partial charge in [0.05, 0.1) is 0 Å². The zero-order valence-corrected chi connectivity index (χ0v) is 18.4. The Morgan fingerprint density at radius 2 is 1.71 bits per heavy atom. The second-order valence-electron chi connectivity index (χ2n) is 8.51. The van der Waals surface area contributed by atoms with E-state index in [2.05, 4.69) is 10.3 Å². The van der Waals surface area contributed by atoms with Gasteiger partial charge in [-0.1, -0.05) is 55.5 Å². The third-order valence-corrected chi connectivity index (χ3v) is 6.55. The van der Waals surface area contributed by atoms with Gasteiger partial charge in [0.2, 0.25) is 0 Å². The van der Waals surface area contributed by atoms with Crippen LogP contribution in [0.5, 0.6) is 0 Å². The Morgan fingerprint density at radius 3 is 2.35 bits per heavy atom. The van der Waals surface area contributed by atoms with Crippen molar-refractivity contribution in [3.8, 4) is 11.1 Å². The zero-order chi connectivity index (χ0) is 23.8. The van der Waals surface area contributed by atoms with Crippen molar-refractivity contribution in [1.29, 1.82) is 0 Å². The van der Waals surface area contributed by atoms with E-state index in [9.17, 15) is 19.1 Å². The molecular formula is C27H23FN2O4. The Balaban J connectivity index is 1.31. The number of alkyl carbamates (subject to hydrolysis) is 1. The second-order valence-corrected chi connectivity index (χ2v) is 8.51. The number of hydrogen-bond acceptors (Lipinski definition) is 3. The van der Waals surface area contributed by atoms with Crippen molar-refractivity contribution in [2.24, 2.45) is 0 Å². The smallest absolute Gasteiger partial charge is 0.407 e. The molecule has 7 heteroatoms. The number of carbonyl (C=O) groups excluding carboxylic acids is 1. The van der Waals surface area contributed by atoms with E-state index in [-0.39, 0.29) is 18.3 Å². The lowest BCUT2D eigenvalue weighted by molar-refractivity contribution is -0.139. The molecule has 1 amide bonds. The van der Waals surface area contributed by atoms with Gasteiger partial charge in [-0.25, -0.2) is 14.0 Å². The van der Waals surface area contributed by atoms with Crippen LogP contribution in [0.4, 0.5) is 9.18 Å². The first-order valence-electron chi connectivity index (χ1n) is 11.0. The minimum Gasteiger partial charge on any atom is -0.480 e. The molecule has 2 atom stereocenters. The fourth-order valence-electron chi connectivity index (χ4n) is 4.84. The predicted octanol–water partition coefficient (Wildman–Crippen LogP) is 5.40. The number of fused-ring (bicyclic) bond motifs is 4. The number of halogens is 1. The molecule has 0 unspecified atom stereocenters. The number of carbonyl (C=O) groups is 2. The summed E-state index contributed by atoms with van der Waals surface area (Å²) < 4.78 is 19.0. The standard InChI is InChI=1S/C27H23FN2O4/c1-15(22-13-29-24-12-16(28)10-11-21(22)24)25(26(31)32)30-27(33)34-14-23-19-8-4-2-6-17(19)18-7-3-5-9-20(18)23/h2-13,15,23,25,29H,14H2,1H3,(H,30,33)(H,31,32)/t15-,25-/m0/s1. The summed E-state index contributed by atoms with van der Waals surface area (Å²) in [5, 5.41) is 13.0. The summed E-state index contributed by atoms with van der Waals surface area (Å²) in [7, 11) is 0. The fourth-order valence-corrected chi connectivity index (χ4v) is 4.84. The molecule has 6 nitrogen and oxygen atoms in total. The van der Waals surface area contributed by atoms with E-state index in [0.29, 0.717) is 16.5 Å². The Hall–Kier alpha value is -4.13. The Labute approximate surface area is 195 Å². The summed E-state index contributed by atoms with van der Waals surface area (Å²) in [5.74, 6) is -2.28. The third-order valence-electron chi connectivity index (χ3n) is 6.55. The lowest BCUT2D eigenvalue weighted by atomic mass is 9.93. The highest BCUT2D eigenvalue weighted by Crippen LogP contribution is 2.44.